The van der Waals surface area contributed by atoms with E-state index in [0.717, 1.165) is 5.69 Å². The number of methoxy groups -OCH3 is 1. The molecule has 2 aromatic rings. The molecule has 2 rings (SSSR count). The van der Waals surface area contributed by atoms with Gasteiger partial charge in [0.15, 0.2) is 11.5 Å². The van der Waals surface area contributed by atoms with Crippen LogP contribution in [0.5, 0.6) is 17.4 Å². The van der Waals surface area contributed by atoms with Crippen LogP contribution in [0.25, 0.3) is 0 Å². The molecule has 0 spiro atoms. The van der Waals surface area contributed by atoms with Crippen molar-refractivity contribution in [1.82, 2.24) is 9.97 Å². The third kappa shape index (κ3) is 2.63. The summed E-state index contributed by atoms with van der Waals surface area (Å²) in [7, 11) is 1.59. The zero-order chi connectivity index (χ0) is 12.3. The highest BCUT2D eigenvalue weighted by atomic mass is 16.5. The van der Waals surface area contributed by atoms with Crippen LogP contribution in [-0.2, 0) is 0 Å². The molecule has 1 aromatic heterocycles. The van der Waals surface area contributed by atoms with E-state index in [4.69, 9.17) is 15.2 Å². The van der Waals surface area contributed by atoms with Gasteiger partial charge in [0.2, 0.25) is 11.8 Å². The third-order valence-electron chi connectivity index (χ3n) is 2.13. The van der Waals surface area contributed by atoms with Gasteiger partial charge in [-0.1, -0.05) is 12.1 Å². The third-order valence-corrected chi connectivity index (χ3v) is 2.13. The fraction of sp³-hybridized carbons (Fsp3) is 0.167. The Hall–Kier alpha value is -2.30. The second-order valence-electron chi connectivity index (χ2n) is 3.46. The minimum absolute atomic E-state index is 0.190. The lowest BCUT2D eigenvalue weighted by molar-refractivity contribution is 0.374. The molecule has 1 aromatic carbocycles. The summed E-state index contributed by atoms with van der Waals surface area (Å²) < 4.78 is 10.8. The molecule has 0 fully saturated rings. The van der Waals surface area contributed by atoms with Crippen molar-refractivity contribution < 1.29 is 9.47 Å². The maximum atomic E-state index is 5.61. The van der Waals surface area contributed by atoms with E-state index in [1.54, 1.807) is 19.2 Å². The average molecular weight is 231 g/mol. The standard InChI is InChI=1S/C12H13N3O2/c1-8-7-11(15-12(13)14-8)17-10-6-4-3-5-9(10)16-2/h3-7H,1-2H3,(H2,13,14,15). The molecule has 0 bridgehead atoms. The first-order valence-electron chi connectivity index (χ1n) is 5.11. The molecule has 0 saturated carbocycles. The highest BCUT2D eigenvalue weighted by Crippen LogP contribution is 2.30. The van der Waals surface area contributed by atoms with Gasteiger partial charge in [0.1, 0.15) is 0 Å². The van der Waals surface area contributed by atoms with E-state index in [1.807, 2.05) is 25.1 Å². The summed E-state index contributed by atoms with van der Waals surface area (Å²) in [5.74, 6) is 1.82. The van der Waals surface area contributed by atoms with Crippen LogP contribution < -0.4 is 15.2 Å². The van der Waals surface area contributed by atoms with Gasteiger partial charge in [0, 0.05) is 11.8 Å². The monoisotopic (exact) mass is 231 g/mol. The fourth-order valence-electron chi connectivity index (χ4n) is 1.43. The lowest BCUT2D eigenvalue weighted by Gasteiger charge is -2.09. The smallest absolute Gasteiger partial charge is 0.224 e. The first-order valence-corrected chi connectivity index (χ1v) is 5.11. The Kier molecular flexibility index (Phi) is 3.09. The van der Waals surface area contributed by atoms with Crippen molar-refractivity contribution in [3.8, 4) is 17.4 Å². The Morgan fingerprint density at radius 2 is 1.82 bits per heavy atom. The van der Waals surface area contributed by atoms with E-state index < -0.39 is 0 Å². The molecule has 0 unspecified atom stereocenters. The van der Waals surface area contributed by atoms with Crippen molar-refractivity contribution in [1.29, 1.82) is 0 Å². The molecule has 0 amide bonds. The molecule has 5 nitrogen and oxygen atoms in total. The molecule has 0 atom stereocenters. The molecule has 17 heavy (non-hydrogen) atoms. The molecule has 0 radical (unpaired) electrons. The van der Waals surface area contributed by atoms with Crippen LogP contribution in [0, 0.1) is 6.92 Å². The van der Waals surface area contributed by atoms with E-state index in [2.05, 4.69) is 9.97 Å². The second-order valence-corrected chi connectivity index (χ2v) is 3.46. The molecular weight excluding hydrogens is 218 g/mol. The number of anilines is 1. The number of aromatic nitrogens is 2. The van der Waals surface area contributed by atoms with Gasteiger partial charge in [0.05, 0.1) is 7.11 Å². The molecule has 0 saturated heterocycles. The maximum absolute atomic E-state index is 5.61. The highest BCUT2D eigenvalue weighted by molar-refractivity contribution is 5.42. The van der Waals surface area contributed by atoms with Crippen LogP contribution in [0.3, 0.4) is 0 Å². The van der Waals surface area contributed by atoms with E-state index in [0.29, 0.717) is 17.4 Å². The van der Waals surface area contributed by atoms with Crippen molar-refractivity contribution in [2.75, 3.05) is 12.8 Å². The fourth-order valence-corrected chi connectivity index (χ4v) is 1.43. The summed E-state index contributed by atoms with van der Waals surface area (Å²) >= 11 is 0. The van der Waals surface area contributed by atoms with E-state index in [9.17, 15) is 0 Å². The highest BCUT2D eigenvalue weighted by Gasteiger charge is 2.06. The van der Waals surface area contributed by atoms with Gasteiger partial charge in [0.25, 0.3) is 0 Å². The predicted molar refractivity (Wildman–Crippen MR) is 64.2 cm³/mol. The molecule has 0 aliphatic carbocycles. The van der Waals surface area contributed by atoms with Gasteiger partial charge in [-0.05, 0) is 19.1 Å². The van der Waals surface area contributed by atoms with Gasteiger partial charge in [-0.15, -0.1) is 0 Å². The minimum atomic E-state index is 0.190. The maximum Gasteiger partial charge on any atom is 0.224 e. The number of hydrogen-bond donors (Lipinski definition) is 1. The van der Waals surface area contributed by atoms with Crippen LogP contribution in [0.15, 0.2) is 30.3 Å². The largest absolute Gasteiger partial charge is 0.493 e. The summed E-state index contributed by atoms with van der Waals surface area (Å²) in [5.41, 5.74) is 6.30. The van der Waals surface area contributed by atoms with Crippen molar-refractivity contribution in [2.24, 2.45) is 0 Å². The number of benzene rings is 1. The summed E-state index contributed by atoms with van der Waals surface area (Å²) in [6.45, 7) is 1.83. The van der Waals surface area contributed by atoms with Crippen molar-refractivity contribution in [3.05, 3.63) is 36.0 Å². The summed E-state index contributed by atoms with van der Waals surface area (Å²) in [5, 5.41) is 0. The predicted octanol–water partition coefficient (Wildman–Crippen LogP) is 2.17. The summed E-state index contributed by atoms with van der Waals surface area (Å²) in [6, 6.07) is 9.04. The van der Waals surface area contributed by atoms with Gasteiger partial charge in [-0.25, -0.2) is 4.98 Å². The molecule has 5 heteroatoms. The Morgan fingerprint density at radius 3 is 2.47 bits per heavy atom. The van der Waals surface area contributed by atoms with Crippen molar-refractivity contribution in [3.63, 3.8) is 0 Å². The van der Waals surface area contributed by atoms with Crippen LogP contribution in [0.1, 0.15) is 5.69 Å². The minimum Gasteiger partial charge on any atom is -0.493 e. The number of aryl methyl sites for hydroxylation is 1. The van der Waals surface area contributed by atoms with Crippen LogP contribution in [-0.4, -0.2) is 17.1 Å². The topological polar surface area (TPSA) is 70.3 Å². The average Bonchev–Trinajstić information content (AvgIpc) is 2.28. The summed E-state index contributed by atoms with van der Waals surface area (Å²) in [4.78, 5) is 7.97. The Morgan fingerprint density at radius 1 is 1.12 bits per heavy atom. The Labute approximate surface area is 99.2 Å². The molecule has 0 aliphatic rings. The Balaban J connectivity index is 2.31. The Bertz CT molecular complexity index is 509. The molecule has 88 valence electrons. The zero-order valence-corrected chi connectivity index (χ0v) is 9.68. The number of nitrogen functional groups attached to an aromatic ring is 1. The molecule has 2 N–H and O–H groups in total. The number of rotatable bonds is 3. The number of nitrogens with two attached hydrogens (primary N) is 1. The van der Waals surface area contributed by atoms with E-state index in [1.165, 1.54) is 0 Å². The van der Waals surface area contributed by atoms with Gasteiger partial charge < -0.3 is 15.2 Å². The number of hydrogen-bond acceptors (Lipinski definition) is 5. The number of ether oxygens (including phenoxy) is 2. The second kappa shape index (κ2) is 4.69. The van der Waals surface area contributed by atoms with Gasteiger partial charge in [-0.3, -0.25) is 0 Å². The molecular formula is C12H13N3O2. The van der Waals surface area contributed by atoms with Crippen LogP contribution >= 0.6 is 0 Å². The van der Waals surface area contributed by atoms with Gasteiger partial charge >= 0.3 is 0 Å². The zero-order valence-electron chi connectivity index (χ0n) is 9.68. The first-order chi connectivity index (χ1) is 8.19. The van der Waals surface area contributed by atoms with Gasteiger partial charge in [-0.2, -0.15) is 4.98 Å². The molecule has 0 aliphatic heterocycles. The van der Waals surface area contributed by atoms with Crippen molar-refractivity contribution in [2.45, 2.75) is 6.92 Å². The SMILES string of the molecule is COc1ccccc1Oc1cc(C)nc(N)n1. The normalized spacial score (nSPS) is 10.0. The lowest BCUT2D eigenvalue weighted by atomic mass is 10.3. The lowest BCUT2D eigenvalue weighted by Crippen LogP contribution is -1.99. The molecule has 1 heterocycles. The summed E-state index contributed by atoms with van der Waals surface area (Å²) in [6.07, 6.45) is 0. The van der Waals surface area contributed by atoms with E-state index in [-0.39, 0.29) is 5.95 Å². The van der Waals surface area contributed by atoms with Crippen LogP contribution in [0.2, 0.25) is 0 Å². The first kappa shape index (κ1) is 11.2. The quantitative estimate of drug-likeness (QED) is 0.876. The van der Waals surface area contributed by atoms with Crippen molar-refractivity contribution >= 4 is 5.95 Å². The number of para-hydroxylation sites is 2. The van der Waals surface area contributed by atoms with Crippen LogP contribution in [0.4, 0.5) is 5.95 Å². The van der Waals surface area contributed by atoms with E-state index >= 15 is 0 Å². The number of nitrogens with zero attached hydrogens (tertiary/aromatic N) is 2.